The van der Waals surface area contributed by atoms with E-state index in [1.807, 2.05) is 0 Å². The Bertz CT molecular complexity index is 374. The van der Waals surface area contributed by atoms with Gasteiger partial charge in [0, 0.05) is 17.8 Å². The predicted molar refractivity (Wildman–Crippen MR) is 75.9 cm³/mol. The molecule has 0 aromatic carbocycles. The summed E-state index contributed by atoms with van der Waals surface area (Å²) < 4.78 is 0. The highest BCUT2D eigenvalue weighted by atomic mass is 32.1. The van der Waals surface area contributed by atoms with Gasteiger partial charge < -0.3 is 11.1 Å². The quantitative estimate of drug-likeness (QED) is 0.797. The monoisotopic (exact) mass is 269 g/mol. The predicted octanol–water partition coefficient (Wildman–Crippen LogP) is 2.20. The van der Waals surface area contributed by atoms with Crippen LogP contribution in [0.25, 0.3) is 0 Å². The van der Waals surface area contributed by atoms with Crippen LogP contribution in [0.3, 0.4) is 0 Å². The summed E-state index contributed by atoms with van der Waals surface area (Å²) in [4.78, 5) is 16.3. The van der Waals surface area contributed by atoms with Crippen LogP contribution in [0.5, 0.6) is 0 Å². The fraction of sp³-hybridized carbons (Fsp3) is 0.692. The molecule has 0 bridgehead atoms. The van der Waals surface area contributed by atoms with Crippen molar-refractivity contribution in [2.75, 3.05) is 6.54 Å². The number of nitrogens with one attached hydrogen (secondary N) is 1. The summed E-state index contributed by atoms with van der Waals surface area (Å²) in [6.07, 6.45) is 2.89. The summed E-state index contributed by atoms with van der Waals surface area (Å²) in [7, 11) is 0. The van der Waals surface area contributed by atoms with Crippen LogP contribution in [-0.4, -0.2) is 23.5 Å². The minimum atomic E-state index is -0.0751. The number of thiazole rings is 1. The van der Waals surface area contributed by atoms with E-state index in [9.17, 15) is 4.79 Å². The van der Waals surface area contributed by atoms with E-state index in [4.69, 9.17) is 5.73 Å². The van der Waals surface area contributed by atoms with Gasteiger partial charge in [-0.15, -0.1) is 11.3 Å². The Balaban J connectivity index is 2.58. The van der Waals surface area contributed by atoms with E-state index in [1.54, 1.807) is 5.38 Å². The number of carbonyl (C=O) groups excluding carboxylic acids is 1. The molecule has 1 atom stereocenters. The smallest absolute Gasteiger partial charge is 0.270 e. The molecule has 102 valence electrons. The van der Waals surface area contributed by atoms with Crippen molar-refractivity contribution >= 4 is 17.2 Å². The molecule has 0 saturated heterocycles. The molecular weight excluding hydrogens is 246 g/mol. The van der Waals surface area contributed by atoms with Gasteiger partial charge in [-0.1, -0.05) is 26.7 Å². The molecule has 0 fully saturated rings. The average Bonchev–Trinajstić information content (AvgIpc) is 2.79. The molecule has 1 amide bonds. The zero-order valence-electron chi connectivity index (χ0n) is 11.4. The Kier molecular flexibility index (Phi) is 6.29. The minimum Gasteiger partial charge on any atom is -0.348 e. The Morgan fingerprint density at radius 3 is 2.72 bits per heavy atom. The van der Waals surface area contributed by atoms with Gasteiger partial charge >= 0.3 is 0 Å². The second-order valence-electron chi connectivity index (χ2n) is 4.50. The Morgan fingerprint density at radius 2 is 2.17 bits per heavy atom. The Morgan fingerprint density at radius 1 is 1.50 bits per heavy atom. The second kappa shape index (κ2) is 7.48. The van der Waals surface area contributed by atoms with E-state index in [2.05, 4.69) is 31.1 Å². The molecule has 0 aliphatic carbocycles. The third kappa shape index (κ3) is 4.07. The number of carbonyl (C=O) groups is 1. The molecule has 1 rings (SSSR count). The van der Waals surface area contributed by atoms with Crippen LogP contribution in [0.4, 0.5) is 0 Å². The van der Waals surface area contributed by atoms with Crippen molar-refractivity contribution in [2.24, 2.45) is 11.7 Å². The number of nitrogens with two attached hydrogens (primary N) is 1. The number of hydrogen-bond acceptors (Lipinski definition) is 4. The zero-order valence-corrected chi connectivity index (χ0v) is 12.2. The van der Waals surface area contributed by atoms with Gasteiger partial charge in [-0.05, 0) is 19.4 Å². The molecule has 0 aliphatic rings. The van der Waals surface area contributed by atoms with E-state index in [1.165, 1.54) is 11.3 Å². The molecule has 0 spiro atoms. The van der Waals surface area contributed by atoms with Crippen LogP contribution < -0.4 is 11.1 Å². The topological polar surface area (TPSA) is 68.0 Å². The van der Waals surface area contributed by atoms with Crippen LogP contribution in [0.15, 0.2) is 5.38 Å². The standard InChI is InChI=1S/C13H23N3OS/c1-4-10(5-2)9(3)15-13(17)11-8-18-12(16-11)6-7-14/h8-10H,4-7,14H2,1-3H3,(H,15,17). The molecule has 3 N–H and O–H groups in total. The molecule has 1 aromatic rings. The molecule has 0 aliphatic heterocycles. The summed E-state index contributed by atoms with van der Waals surface area (Å²) in [5.74, 6) is 0.449. The van der Waals surface area contributed by atoms with Crippen LogP contribution in [0.2, 0.25) is 0 Å². The fourth-order valence-corrected chi connectivity index (χ4v) is 2.84. The molecule has 1 aromatic heterocycles. The maximum absolute atomic E-state index is 12.0. The molecular formula is C13H23N3OS. The number of nitrogens with zero attached hydrogens (tertiary/aromatic N) is 1. The Hall–Kier alpha value is -0.940. The van der Waals surface area contributed by atoms with Crippen LogP contribution >= 0.6 is 11.3 Å². The molecule has 4 nitrogen and oxygen atoms in total. The highest BCUT2D eigenvalue weighted by Crippen LogP contribution is 2.14. The lowest BCUT2D eigenvalue weighted by atomic mass is 9.95. The lowest BCUT2D eigenvalue weighted by molar-refractivity contribution is 0.0920. The molecule has 5 heteroatoms. The highest BCUT2D eigenvalue weighted by Gasteiger charge is 2.18. The first-order valence-electron chi connectivity index (χ1n) is 6.57. The van der Waals surface area contributed by atoms with Crippen molar-refractivity contribution in [3.63, 3.8) is 0 Å². The van der Waals surface area contributed by atoms with Crippen LogP contribution in [0.1, 0.15) is 49.1 Å². The number of rotatable bonds is 7. The maximum atomic E-state index is 12.0. The summed E-state index contributed by atoms with van der Waals surface area (Å²) in [6, 6.07) is 0.187. The summed E-state index contributed by atoms with van der Waals surface area (Å²) >= 11 is 1.50. The van der Waals surface area contributed by atoms with E-state index >= 15 is 0 Å². The zero-order chi connectivity index (χ0) is 13.5. The summed E-state index contributed by atoms with van der Waals surface area (Å²) in [5, 5.41) is 5.76. The van der Waals surface area contributed by atoms with Crippen molar-refractivity contribution < 1.29 is 4.79 Å². The number of hydrogen-bond donors (Lipinski definition) is 2. The van der Waals surface area contributed by atoms with Crippen LogP contribution in [-0.2, 0) is 6.42 Å². The van der Waals surface area contributed by atoms with Crippen LogP contribution in [0, 0.1) is 5.92 Å². The average molecular weight is 269 g/mol. The van der Waals surface area contributed by atoms with Gasteiger partial charge in [-0.2, -0.15) is 0 Å². The Labute approximate surface area is 113 Å². The third-order valence-corrected chi connectivity index (χ3v) is 4.17. The molecule has 1 unspecified atom stereocenters. The SMILES string of the molecule is CCC(CC)C(C)NC(=O)c1csc(CCN)n1. The van der Waals surface area contributed by atoms with Crippen molar-refractivity contribution in [2.45, 2.75) is 46.1 Å². The van der Waals surface area contributed by atoms with E-state index in [0.29, 0.717) is 18.2 Å². The van der Waals surface area contributed by atoms with Gasteiger partial charge in [0.15, 0.2) is 0 Å². The van der Waals surface area contributed by atoms with Crippen molar-refractivity contribution in [3.8, 4) is 0 Å². The minimum absolute atomic E-state index is 0.0751. The lowest BCUT2D eigenvalue weighted by Crippen LogP contribution is -2.37. The lowest BCUT2D eigenvalue weighted by Gasteiger charge is -2.21. The van der Waals surface area contributed by atoms with Gasteiger partial charge in [0.1, 0.15) is 5.69 Å². The first-order valence-corrected chi connectivity index (χ1v) is 7.45. The number of amides is 1. The third-order valence-electron chi connectivity index (χ3n) is 3.26. The largest absolute Gasteiger partial charge is 0.348 e. The van der Waals surface area contributed by atoms with E-state index in [-0.39, 0.29) is 11.9 Å². The van der Waals surface area contributed by atoms with Crippen molar-refractivity contribution in [1.82, 2.24) is 10.3 Å². The first kappa shape index (κ1) is 15.1. The highest BCUT2D eigenvalue weighted by molar-refractivity contribution is 7.09. The van der Waals surface area contributed by atoms with Crippen molar-refractivity contribution in [1.29, 1.82) is 0 Å². The summed E-state index contributed by atoms with van der Waals surface area (Å²) in [5.41, 5.74) is 5.98. The van der Waals surface area contributed by atoms with Gasteiger partial charge in [0.05, 0.1) is 5.01 Å². The molecule has 0 radical (unpaired) electrons. The maximum Gasteiger partial charge on any atom is 0.270 e. The fourth-order valence-electron chi connectivity index (χ4n) is 2.05. The van der Waals surface area contributed by atoms with E-state index < -0.39 is 0 Å². The normalized spacial score (nSPS) is 12.7. The van der Waals surface area contributed by atoms with Crippen molar-refractivity contribution in [3.05, 3.63) is 16.1 Å². The summed E-state index contributed by atoms with van der Waals surface area (Å²) in [6.45, 7) is 6.93. The molecule has 0 saturated carbocycles. The number of aromatic nitrogens is 1. The van der Waals surface area contributed by atoms with Gasteiger partial charge in [0.2, 0.25) is 0 Å². The van der Waals surface area contributed by atoms with Gasteiger partial charge in [-0.3, -0.25) is 4.79 Å². The second-order valence-corrected chi connectivity index (χ2v) is 5.45. The van der Waals surface area contributed by atoms with Gasteiger partial charge in [0.25, 0.3) is 5.91 Å². The molecule has 1 heterocycles. The van der Waals surface area contributed by atoms with Gasteiger partial charge in [-0.25, -0.2) is 4.98 Å². The molecule has 18 heavy (non-hydrogen) atoms. The first-order chi connectivity index (χ1) is 8.62. The van der Waals surface area contributed by atoms with E-state index in [0.717, 1.165) is 24.3 Å².